The maximum atomic E-state index is 11.3. The lowest BCUT2D eigenvalue weighted by Gasteiger charge is -2.09. The van der Waals surface area contributed by atoms with E-state index in [9.17, 15) is 4.79 Å². The first-order valence-corrected chi connectivity index (χ1v) is 7.18. The zero-order valence-corrected chi connectivity index (χ0v) is 11.3. The summed E-state index contributed by atoms with van der Waals surface area (Å²) in [5.41, 5.74) is 7.84. The Kier molecular flexibility index (Phi) is 5.91. The summed E-state index contributed by atoms with van der Waals surface area (Å²) in [5.74, 6) is 1.20. The zero-order chi connectivity index (χ0) is 12.7. The van der Waals surface area contributed by atoms with Gasteiger partial charge in [-0.25, -0.2) is 0 Å². The van der Waals surface area contributed by atoms with E-state index in [0.29, 0.717) is 11.3 Å². The van der Waals surface area contributed by atoms with Gasteiger partial charge >= 0.3 is 0 Å². The SMILES string of the molecule is CSCCCCNc1ccc(N)c(C(C)=O)c1. The Morgan fingerprint density at radius 3 is 2.82 bits per heavy atom. The summed E-state index contributed by atoms with van der Waals surface area (Å²) in [6.45, 7) is 2.47. The molecule has 0 saturated heterocycles. The van der Waals surface area contributed by atoms with Crippen molar-refractivity contribution in [2.45, 2.75) is 19.8 Å². The quantitative estimate of drug-likeness (QED) is 0.445. The maximum Gasteiger partial charge on any atom is 0.161 e. The Labute approximate surface area is 107 Å². The fourth-order valence-corrected chi connectivity index (χ4v) is 2.07. The van der Waals surface area contributed by atoms with Crippen molar-refractivity contribution < 1.29 is 4.79 Å². The molecule has 0 radical (unpaired) electrons. The van der Waals surface area contributed by atoms with Crippen molar-refractivity contribution in [3.05, 3.63) is 23.8 Å². The van der Waals surface area contributed by atoms with E-state index in [2.05, 4.69) is 11.6 Å². The minimum Gasteiger partial charge on any atom is -0.398 e. The number of nitrogen functional groups attached to an aromatic ring is 1. The van der Waals surface area contributed by atoms with Crippen LogP contribution in [-0.2, 0) is 0 Å². The van der Waals surface area contributed by atoms with E-state index in [1.54, 1.807) is 6.07 Å². The minimum atomic E-state index is 0.00790. The van der Waals surface area contributed by atoms with Crippen molar-refractivity contribution in [1.82, 2.24) is 0 Å². The number of carbonyl (C=O) groups excluding carboxylic acids is 1. The van der Waals surface area contributed by atoms with Crippen LogP contribution in [0.4, 0.5) is 11.4 Å². The van der Waals surface area contributed by atoms with Gasteiger partial charge in [0, 0.05) is 23.5 Å². The molecule has 0 aromatic heterocycles. The van der Waals surface area contributed by atoms with Gasteiger partial charge in [0.2, 0.25) is 0 Å². The van der Waals surface area contributed by atoms with E-state index in [1.165, 1.54) is 19.1 Å². The lowest BCUT2D eigenvalue weighted by atomic mass is 10.1. The molecule has 0 aliphatic carbocycles. The van der Waals surface area contributed by atoms with Gasteiger partial charge in [-0.3, -0.25) is 4.79 Å². The zero-order valence-electron chi connectivity index (χ0n) is 10.5. The average molecular weight is 252 g/mol. The van der Waals surface area contributed by atoms with Crippen molar-refractivity contribution in [3.63, 3.8) is 0 Å². The fraction of sp³-hybridized carbons (Fsp3) is 0.462. The number of carbonyl (C=O) groups is 1. The number of anilines is 2. The van der Waals surface area contributed by atoms with Gasteiger partial charge in [-0.05, 0) is 50.0 Å². The van der Waals surface area contributed by atoms with Gasteiger partial charge in [-0.1, -0.05) is 0 Å². The molecule has 0 atom stereocenters. The standard InChI is InChI=1S/C13H20N2OS/c1-10(16)12-9-11(5-6-13(12)14)15-7-3-4-8-17-2/h5-6,9,15H,3-4,7-8,14H2,1-2H3. The molecule has 3 N–H and O–H groups in total. The largest absolute Gasteiger partial charge is 0.398 e. The molecular weight excluding hydrogens is 232 g/mol. The highest BCUT2D eigenvalue weighted by Gasteiger charge is 2.05. The van der Waals surface area contributed by atoms with Crippen LogP contribution in [0, 0.1) is 0 Å². The fourth-order valence-electron chi connectivity index (χ4n) is 1.58. The van der Waals surface area contributed by atoms with E-state index in [1.807, 2.05) is 23.9 Å². The van der Waals surface area contributed by atoms with Crippen LogP contribution in [-0.4, -0.2) is 24.3 Å². The van der Waals surface area contributed by atoms with Gasteiger partial charge in [0.1, 0.15) is 0 Å². The van der Waals surface area contributed by atoms with Crippen molar-refractivity contribution in [1.29, 1.82) is 0 Å². The van der Waals surface area contributed by atoms with Gasteiger partial charge < -0.3 is 11.1 Å². The molecule has 0 fully saturated rings. The second-order valence-corrected chi connectivity index (χ2v) is 4.97. The maximum absolute atomic E-state index is 11.3. The van der Waals surface area contributed by atoms with Crippen LogP contribution >= 0.6 is 11.8 Å². The molecule has 4 heteroatoms. The second kappa shape index (κ2) is 7.22. The smallest absolute Gasteiger partial charge is 0.161 e. The molecule has 0 bridgehead atoms. The molecule has 0 unspecified atom stereocenters. The minimum absolute atomic E-state index is 0.00790. The first kappa shape index (κ1) is 13.9. The van der Waals surface area contributed by atoms with Gasteiger partial charge in [-0.2, -0.15) is 11.8 Å². The average Bonchev–Trinajstić information content (AvgIpc) is 2.30. The number of hydrogen-bond donors (Lipinski definition) is 2. The highest BCUT2D eigenvalue weighted by atomic mass is 32.2. The number of Topliss-reactive ketones (excluding diaryl/α,β-unsaturated/α-hetero) is 1. The number of hydrogen-bond acceptors (Lipinski definition) is 4. The summed E-state index contributed by atoms with van der Waals surface area (Å²) in [6, 6.07) is 5.52. The summed E-state index contributed by atoms with van der Waals surface area (Å²) in [7, 11) is 0. The van der Waals surface area contributed by atoms with Gasteiger partial charge in [0.05, 0.1) is 0 Å². The predicted molar refractivity (Wildman–Crippen MR) is 77.0 cm³/mol. The summed E-state index contributed by atoms with van der Waals surface area (Å²) in [5, 5.41) is 3.31. The van der Waals surface area contributed by atoms with Crippen molar-refractivity contribution >= 4 is 28.9 Å². The number of benzene rings is 1. The third-order valence-electron chi connectivity index (χ3n) is 2.54. The van der Waals surface area contributed by atoms with Crippen LogP contribution in [0.3, 0.4) is 0 Å². The molecule has 3 nitrogen and oxygen atoms in total. The predicted octanol–water partition coefficient (Wildman–Crippen LogP) is 3.03. The van der Waals surface area contributed by atoms with E-state index < -0.39 is 0 Å². The molecule has 1 aromatic rings. The molecule has 0 aliphatic heterocycles. The van der Waals surface area contributed by atoms with E-state index >= 15 is 0 Å². The molecule has 0 amide bonds. The summed E-state index contributed by atoms with van der Waals surface area (Å²) in [4.78, 5) is 11.3. The third-order valence-corrected chi connectivity index (χ3v) is 3.23. The molecule has 0 heterocycles. The number of nitrogens with one attached hydrogen (secondary N) is 1. The van der Waals surface area contributed by atoms with Crippen LogP contribution in [0.15, 0.2) is 18.2 Å². The molecule has 94 valence electrons. The Hall–Kier alpha value is -1.16. The first-order chi connectivity index (χ1) is 8.15. The number of unbranched alkanes of at least 4 members (excludes halogenated alkanes) is 1. The summed E-state index contributed by atoms with van der Waals surface area (Å²) < 4.78 is 0. The lowest BCUT2D eigenvalue weighted by molar-refractivity contribution is 0.101. The number of rotatable bonds is 7. The van der Waals surface area contributed by atoms with Crippen molar-refractivity contribution in [2.24, 2.45) is 0 Å². The molecule has 1 aromatic carbocycles. The van der Waals surface area contributed by atoms with Crippen LogP contribution in [0.1, 0.15) is 30.1 Å². The Morgan fingerprint density at radius 1 is 1.41 bits per heavy atom. The van der Waals surface area contributed by atoms with Gasteiger partial charge in [-0.15, -0.1) is 0 Å². The van der Waals surface area contributed by atoms with Crippen molar-refractivity contribution in [2.75, 3.05) is 29.6 Å². The molecular formula is C13H20N2OS. The van der Waals surface area contributed by atoms with E-state index in [0.717, 1.165) is 18.7 Å². The lowest BCUT2D eigenvalue weighted by Crippen LogP contribution is -2.05. The van der Waals surface area contributed by atoms with Crippen LogP contribution < -0.4 is 11.1 Å². The summed E-state index contributed by atoms with van der Waals surface area (Å²) in [6.07, 6.45) is 4.47. The molecule has 1 rings (SSSR count). The highest BCUT2D eigenvalue weighted by molar-refractivity contribution is 7.98. The van der Waals surface area contributed by atoms with Crippen LogP contribution in [0.2, 0.25) is 0 Å². The Morgan fingerprint density at radius 2 is 2.18 bits per heavy atom. The van der Waals surface area contributed by atoms with E-state index in [-0.39, 0.29) is 5.78 Å². The van der Waals surface area contributed by atoms with Crippen LogP contribution in [0.25, 0.3) is 0 Å². The van der Waals surface area contributed by atoms with E-state index in [4.69, 9.17) is 5.73 Å². The van der Waals surface area contributed by atoms with Crippen LogP contribution in [0.5, 0.6) is 0 Å². The molecule has 0 aliphatic rings. The number of ketones is 1. The van der Waals surface area contributed by atoms with Gasteiger partial charge in [0.25, 0.3) is 0 Å². The second-order valence-electron chi connectivity index (χ2n) is 3.98. The number of nitrogens with two attached hydrogens (primary N) is 1. The Balaban J connectivity index is 2.49. The number of thioether (sulfide) groups is 1. The normalized spacial score (nSPS) is 10.2. The van der Waals surface area contributed by atoms with Gasteiger partial charge in [0.15, 0.2) is 5.78 Å². The molecule has 0 spiro atoms. The molecule has 0 saturated carbocycles. The monoisotopic (exact) mass is 252 g/mol. The van der Waals surface area contributed by atoms with Crippen molar-refractivity contribution in [3.8, 4) is 0 Å². The topological polar surface area (TPSA) is 55.1 Å². The Bertz CT molecular complexity index is 380. The molecule has 17 heavy (non-hydrogen) atoms. The summed E-state index contributed by atoms with van der Waals surface area (Å²) >= 11 is 1.87. The first-order valence-electron chi connectivity index (χ1n) is 5.78. The highest BCUT2D eigenvalue weighted by Crippen LogP contribution is 2.18. The third kappa shape index (κ3) is 4.69.